The van der Waals surface area contributed by atoms with Gasteiger partial charge in [0.2, 0.25) is 0 Å². The van der Waals surface area contributed by atoms with E-state index in [9.17, 15) is 0 Å². The first-order valence-electron chi connectivity index (χ1n) is 6.55. The Morgan fingerprint density at radius 2 is 1.90 bits per heavy atom. The lowest BCUT2D eigenvalue weighted by Gasteiger charge is -2.11. The number of rotatable bonds is 3. The maximum atomic E-state index is 4.27. The van der Waals surface area contributed by atoms with E-state index >= 15 is 0 Å². The predicted molar refractivity (Wildman–Crippen MR) is 86.9 cm³/mol. The molecule has 4 heteroatoms. The highest BCUT2D eigenvalue weighted by molar-refractivity contribution is 9.10. The average molecular weight is 330 g/mol. The fourth-order valence-electron chi connectivity index (χ4n) is 2.32. The Kier molecular flexibility index (Phi) is 3.49. The molecular formula is C16H16BrN3. The van der Waals surface area contributed by atoms with Gasteiger partial charge in [0.05, 0.1) is 6.20 Å². The van der Waals surface area contributed by atoms with Gasteiger partial charge in [0.15, 0.2) is 0 Å². The maximum Gasteiger partial charge on any atom is 0.0542 e. The van der Waals surface area contributed by atoms with Crippen LogP contribution in [-0.2, 0) is 13.6 Å². The van der Waals surface area contributed by atoms with Gasteiger partial charge in [-0.3, -0.25) is 4.68 Å². The molecule has 0 aliphatic carbocycles. The average Bonchev–Trinajstić information content (AvgIpc) is 2.79. The zero-order chi connectivity index (χ0) is 14.1. The second-order valence-electron chi connectivity index (χ2n) is 4.87. The maximum absolute atomic E-state index is 4.27. The minimum absolute atomic E-state index is 0.783. The van der Waals surface area contributed by atoms with Crippen molar-refractivity contribution in [3.8, 4) is 0 Å². The number of aryl methyl sites for hydroxylation is 1. The van der Waals surface area contributed by atoms with Crippen molar-refractivity contribution < 1.29 is 0 Å². The summed E-state index contributed by atoms with van der Waals surface area (Å²) in [4.78, 5) is 0. The summed E-state index contributed by atoms with van der Waals surface area (Å²) < 4.78 is 3.02. The van der Waals surface area contributed by atoms with Gasteiger partial charge >= 0.3 is 0 Å². The molecule has 0 amide bonds. The Morgan fingerprint density at radius 1 is 1.15 bits per heavy atom. The number of halogens is 1. The van der Waals surface area contributed by atoms with Gasteiger partial charge in [-0.2, -0.15) is 5.10 Å². The fraction of sp³-hybridized carbons (Fsp3) is 0.188. The third kappa shape index (κ3) is 2.31. The van der Waals surface area contributed by atoms with E-state index in [-0.39, 0.29) is 0 Å². The summed E-state index contributed by atoms with van der Waals surface area (Å²) in [6.45, 7) is 2.87. The second-order valence-corrected chi connectivity index (χ2v) is 5.73. The summed E-state index contributed by atoms with van der Waals surface area (Å²) in [6, 6.07) is 12.6. The third-order valence-corrected chi connectivity index (χ3v) is 4.37. The number of anilines is 1. The quantitative estimate of drug-likeness (QED) is 0.778. The number of hydrogen-bond acceptors (Lipinski definition) is 2. The van der Waals surface area contributed by atoms with Crippen LogP contribution >= 0.6 is 15.9 Å². The standard InChI is InChI=1S/C16H16BrN3/c1-11-12(10-19-20(11)2)9-18-16-8-7-15(17)13-5-3-4-6-14(13)16/h3-8,10,18H,9H2,1-2H3. The number of nitrogens with zero attached hydrogens (tertiary/aromatic N) is 2. The summed E-state index contributed by atoms with van der Waals surface area (Å²) in [5, 5.41) is 10.2. The van der Waals surface area contributed by atoms with Gasteiger partial charge in [-0.05, 0) is 24.4 Å². The summed E-state index contributed by atoms with van der Waals surface area (Å²) in [6.07, 6.45) is 1.92. The summed E-state index contributed by atoms with van der Waals surface area (Å²) in [5.41, 5.74) is 3.56. The van der Waals surface area contributed by atoms with Gasteiger partial charge in [-0.1, -0.05) is 40.2 Å². The molecule has 1 aromatic heterocycles. The van der Waals surface area contributed by atoms with Gasteiger partial charge < -0.3 is 5.32 Å². The smallest absolute Gasteiger partial charge is 0.0542 e. The molecule has 0 fully saturated rings. The second kappa shape index (κ2) is 5.29. The SMILES string of the molecule is Cc1c(CNc2ccc(Br)c3ccccc23)cnn1C. The number of aromatic nitrogens is 2. The molecule has 0 aliphatic heterocycles. The molecule has 102 valence electrons. The Labute approximate surface area is 126 Å². The lowest BCUT2D eigenvalue weighted by atomic mass is 10.1. The molecule has 3 aromatic rings. The van der Waals surface area contributed by atoms with Gasteiger partial charge in [0, 0.05) is 40.4 Å². The molecule has 0 aliphatic rings. The van der Waals surface area contributed by atoms with E-state index < -0.39 is 0 Å². The third-order valence-electron chi connectivity index (χ3n) is 3.68. The molecule has 0 radical (unpaired) electrons. The lowest BCUT2D eigenvalue weighted by molar-refractivity contribution is 0.738. The Morgan fingerprint density at radius 3 is 2.60 bits per heavy atom. The largest absolute Gasteiger partial charge is 0.380 e. The first-order chi connectivity index (χ1) is 9.66. The van der Waals surface area contributed by atoms with Crippen molar-refractivity contribution in [3.05, 3.63) is 58.3 Å². The van der Waals surface area contributed by atoms with Gasteiger partial charge in [-0.25, -0.2) is 0 Å². The van der Waals surface area contributed by atoms with E-state index in [0.29, 0.717) is 0 Å². The molecule has 1 heterocycles. The molecule has 0 bridgehead atoms. The first-order valence-corrected chi connectivity index (χ1v) is 7.34. The van der Waals surface area contributed by atoms with E-state index in [4.69, 9.17) is 0 Å². The van der Waals surface area contributed by atoms with Crippen LogP contribution in [-0.4, -0.2) is 9.78 Å². The van der Waals surface area contributed by atoms with E-state index in [0.717, 1.165) is 16.7 Å². The van der Waals surface area contributed by atoms with Gasteiger partial charge in [-0.15, -0.1) is 0 Å². The van der Waals surface area contributed by atoms with Crippen molar-refractivity contribution in [3.63, 3.8) is 0 Å². The number of fused-ring (bicyclic) bond motifs is 1. The molecule has 0 saturated heterocycles. The Hall–Kier alpha value is -1.81. The van der Waals surface area contributed by atoms with Crippen LogP contribution in [0.2, 0.25) is 0 Å². The van der Waals surface area contributed by atoms with Crippen molar-refractivity contribution in [1.29, 1.82) is 0 Å². The number of hydrogen-bond donors (Lipinski definition) is 1. The number of nitrogens with one attached hydrogen (secondary N) is 1. The highest BCUT2D eigenvalue weighted by atomic mass is 79.9. The molecule has 1 N–H and O–H groups in total. The number of benzene rings is 2. The Bertz CT molecular complexity index is 762. The molecule has 20 heavy (non-hydrogen) atoms. The van der Waals surface area contributed by atoms with Crippen molar-refractivity contribution in [2.24, 2.45) is 7.05 Å². The molecule has 3 nitrogen and oxygen atoms in total. The molecule has 0 spiro atoms. The molecule has 0 atom stereocenters. The van der Waals surface area contributed by atoms with E-state index in [1.54, 1.807) is 0 Å². The summed E-state index contributed by atoms with van der Waals surface area (Å²) in [7, 11) is 1.97. The van der Waals surface area contributed by atoms with Crippen LogP contribution < -0.4 is 5.32 Å². The minimum Gasteiger partial charge on any atom is -0.380 e. The predicted octanol–water partition coefficient (Wildman–Crippen LogP) is 4.26. The van der Waals surface area contributed by atoms with E-state index in [2.05, 4.69) is 69.7 Å². The van der Waals surface area contributed by atoms with Crippen LogP contribution in [0.25, 0.3) is 10.8 Å². The zero-order valence-corrected chi connectivity index (χ0v) is 13.1. The fourth-order valence-corrected chi connectivity index (χ4v) is 2.80. The van der Waals surface area contributed by atoms with Crippen molar-refractivity contribution >= 4 is 32.4 Å². The first kappa shape index (κ1) is 13.2. The normalized spacial score (nSPS) is 10.9. The highest BCUT2D eigenvalue weighted by Gasteiger charge is 2.06. The summed E-state index contributed by atoms with van der Waals surface area (Å²) in [5.74, 6) is 0. The van der Waals surface area contributed by atoms with Crippen LogP contribution in [0.5, 0.6) is 0 Å². The molecule has 0 unspecified atom stereocenters. The van der Waals surface area contributed by atoms with Gasteiger partial charge in [0.25, 0.3) is 0 Å². The van der Waals surface area contributed by atoms with E-state index in [1.165, 1.54) is 22.0 Å². The molecule has 2 aromatic carbocycles. The molecule has 3 rings (SSSR count). The van der Waals surface area contributed by atoms with E-state index in [1.807, 2.05) is 17.9 Å². The zero-order valence-electron chi connectivity index (χ0n) is 11.5. The minimum atomic E-state index is 0.783. The monoisotopic (exact) mass is 329 g/mol. The van der Waals surface area contributed by atoms with Gasteiger partial charge in [0.1, 0.15) is 0 Å². The highest BCUT2D eigenvalue weighted by Crippen LogP contribution is 2.30. The van der Waals surface area contributed by atoms with Crippen LogP contribution in [0.15, 0.2) is 47.1 Å². The van der Waals surface area contributed by atoms with Crippen LogP contribution in [0.1, 0.15) is 11.3 Å². The lowest BCUT2D eigenvalue weighted by Crippen LogP contribution is -2.02. The Balaban J connectivity index is 1.92. The van der Waals surface area contributed by atoms with Crippen molar-refractivity contribution in [1.82, 2.24) is 9.78 Å². The molecular weight excluding hydrogens is 314 g/mol. The van der Waals surface area contributed by atoms with Crippen LogP contribution in [0, 0.1) is 6.92 Å². The summed E-state index contributed by atoms with van der Waals surface area (Å²) >= 11 is 3.60. The van der Waals surface area contributed by atoms with Crippen molar-refractivity contribution in [2.45, 2.75) is 13.5 Å². The molecule has 0 saturated carbocycles. The topological polar surface area (TPSA) is 29.9 Å². The van der Waals surface area contributed by atoms with Crippen LogP contribution in [0.4, 0.5) is 5.69 Å². The van der Waals surface area contributed by atoms with Crippen LogP contribution in [0.3, 0.4) is 0 Å². The van der Waals surface area contributed by atoms with Crippen molar-refractivity contribution in [2.75, 3.05) is 5.32 Å².